The lowest BCUT2D eigenvalue weighted by Gasteiger charge is -2.14. The minimum absolute atomic E-state index is 0.0807. The summed E-state index contributed by atoms with van der Waals surface area (Å²) < 4.78 is 25.2. The summed E-state index contributed by atoms with van der Waals surface area (Å²) in [5.74, 6) is -1.03. The van der Waals surface area contributed by atoms with Gasteiger partial charge in [-0.1, -0.05) is 26.0 Å². The van der Waals surface area contributed by atoms with Crippen LogP contribution in [0.1, 0.15) is 26.7 Å². The van der Waals surface area contributed by atoms with Crippen LogP contribution in [0.4, 0.5) is 4.39 Å². The van der Waals surface area contributed by atoms with Gasteiger partial charge in [0, 0.05) is 6.04 Å². The topological polar surface area (TPSA) is 46.2 Å². The molecule has 0 fully saturated rings. The Kier molecular flexibility index (Phi) is 5.98. The van der Waals surface area contributed by atoms with Gasteiger partial charge in [0.25, 0.3) is 0 Å². The van der Waals surface area contributed by atoms with Gasteiger partial charge >= 0.3 is 0 Å². The Bertz CT molecular complexity index is 433. The van der Waals surface area contributed by atoms with E-state index < -0.39 is 16.6 Å². The van der Waals surface area contributed by atoms with E-state index in [1.165, 1.54) is 18.2 Å². The number of rotatable bonds is 6. The van der Waals surface area contributed by atoms with E-state index in [1.54, 1.807) is 6.07 Å². The fraction of sp³-hybridized carbons (Fsp3) is 0.462. The summed E-state index contributed by atoms with van der Waals surface area (Å²) in [6, 6.07) is 5.91. The van der Waals surface area contributed by atoms with E-state index in [-0.39, 0.29) is 22.6 Å². The fourth-order valence-electron chi connectivity index (χ4n) is 1.59. The van der Waals surface area contributed by atoms with Crippen molar-refractivity contribution in [1.29, 1.82) is 0 Å². The fourth-order valence-corrected chi connectivity index (χ4v) is 2.58. The van der Waals surface area contributed by atoms with Gasteiger partial charge in [0.05, 0.1) is 15.7 Å². The smallest absolute Gasteiger partial charge is 0.233 e. The molecule has 18 heavy (non-hydrogen) atoms. The maximum Gasteiger partial charge on any atom is 0.233 e. The maximum absolute atomic E-state index is 13.4. The molecule has 0 aromatic heterocycles. The SMILES string of the molecule is CCC(CC)NC(=O)CS(=O)c1ccccc1F. The molecular weight excluding hydrogens is 253 g/mol. The average Bonchev–Trinajstić information content (AvgIpc) is 2.36. The Morgan fingerprint density at radius 2 is 1.94 bits per heavy atom. The Morgan fingerprint density at radius 1 is 1.33 bits per heavy atom. The van der Waals surface area contributed by atoms with Crippen molar-refractivity contribution in [2.45, 2.75) is 37.6 Å². The molecule has 3 nitrogen and oxygen atoms in total. The molecule has 0 saturated heterocycles. The number of hydrogen-bond donors (Lipinski definition) is 1. The minimum Gasteiger partial charge on any atom is -0.353 e. The van der Waals surface area contributed by atoms with Crippen LogP contribution >= 0.6 is 0 Å². The highest BCUT2D eigenvalue weighted by atomic mass is 32.2. The summed E-state index contributed by atoms with van der Waals surface area (Å²) in [6.45, 7) is 3.95. The number of halogens is 1. The van der Waals surface area contributed by atoms with Crippen LogP contribution in [0, 0.1) is 5.82 Å². The zero-order valence-electron chi connectivity index (χ0n) is 10.6. The van der Waals surface area contributed by atoms with Crippen LogP contribution in [0.2, 0.25) is 0 Å². The summed E-state index contributed by atoms with van der Waals surface area (Å²) in [5, 5.41) is 2.78. The lowest BCUT2D eigenvalue weighted by atomic mass is 10.2. The predicted octanol–water partition coefficient (Wildman–Crippen LogP) is 2.24. The summed E-state index contributed by atoms with van der Waals surface area (Å²) >= 11 is 0. The minimum atomic E-state index is -1.63. The molecule has 1 rings (SSSR count). The Hall–Kier alpha value is -1.23. The second kappa shape index (κ2) is 7.26. The van der Waals surface area contributed by atoms with Crippen molar-refractivity contribution in [1.82, 2.24) is 5.32 Å². The van der Waals surface area contributed by atoms with Crippen LogP contribution in [0.15, 0.2) is 29.2 Å². The number of benzene rings is 1. The highest BCUT2D eigenvalue weighted by Crippen LogP contribution is 2.11. The molecule has 0 aliphatic rings. The van der Waals surface area contributed by atoms with Crippen molar-refractivity contribution in [3.05, 3.63) is 30.1 Å². The monoisotopic (exact) mass is 271 g/mol. The van der Waals surface area contributed by atoms with Crippen molar-refractivity contribution in [3.63, 3.8) is 0 Å². The van der Waals surface area contributed by atoms with E-state index in [1.807, 2.05) is 13.8 Å². The Balaban J connectivity index is 2.60. The molecule has 0 aliphatic heterocycles. The molecule has 1 atom stereocenters. The van der Waals surface area contributed by atoms with E-state index in [4.69, 9.17) is 0 Å². The second-order valence-corrected chi connectivity index (χ2v) is 5.42. The molecule has 0 bridgehead atoms. The predicted molar refractivity (Wildman–Crippen MR) is 70.2 cm³/mol. The van der Waals surface area contributed by atoms with Gasteiger partial charge in [0.15, 0.2) is 0 Å². The van der Waals surface area contributed by atoms with Gasteiger partial charge in [-0.2, -0.15) is 0 Å². The normalized spacial score (nSPS) is 12.4. The van der Waals surface area contributed by atoms with Crippen LogP contribution in [-0.4, -0.2) is 21.9 Å². The third-order valence-corrected chi connectivity index (χ3v) is 4.04. The quantitative estimate of drug-likeness (QED) is 0.862. The molecule has 1 unspecified atom stereocenters. The van der Waals surface area contributed by atoms with Gasteiger partial charge in [0.1, 0.15) is 11.6 Å². The van der Waals surface area contributed by atoms with Gasteiger partial charge in [0.2, 0.25) is 5.91 Å². The largest absolute Gasteiger partial charge is 0.353 e. The van der Waals surface area contributed by atoms with E-state index in [0.29, 0.717) is 0 Å². The summed E-state index contributed by atoms with van der Waals surface area (Å²) in [6.07, 6.45) is 1.66. The van der Waals surface area contributed by atoms with Crippen LogP contribution in [0.3, 0.4) is 0 Å². The number of carbonyl (C=O) groups excluding carboxylic acids is 1. The van der Waals surface area contributed by atoms with E-state index in [2.05, 4.69) is 5.32 Å². The van der Waals surface area contributed by atoms with E-state index in [0.717, 1.165) is 12.8 Å². The molecule has 5 heteroatoms. The number of hydrogen-bond acceptors (Lipinski definition) is 2. The van der Waals surface area contributed by atoms with Gasteiger partial charge < -0.3 is 5.32 Å². The molecule has 1 N–H and O–H groups in total. The molecule has 0 heterocycles. The first-order valence-corrected chi connectivity index (χ1v) is 7.32. The van der Waals surface area contributed by atoms with Crippen molar-refractivity contribution < 1.29 is 13.4 Å². The summed E-state index contributed by atoms with van der Waals surface area (Å²) in [5.41, 5.74) is 0. The third kappa shape index (κ3) is 4.22. The molecule has 0 saturated carbocycles. The molecule has 0 spiro atoms. The van der Waals surface area contributed by atoms with Crippen molar-refractivity contribution in [2.24, 2.45) is 0 Å². The number of amides is 1. The first kappa shape index (κ1) is 14.8. The molecule has 1 aromatic rings. The van der Waals surface area contributed by atoms with Crippen LogP contribution in [0.25, 0.3) is 0 Å². The molecule has 100 valence electrons. The summed E-state index contributed by atoms with van der Waals surface area (Å²) in [4.78, 5) is 11.7. The molecule has 1 amide bonds. The van der Waals surface area contributed by atoms with Gasteiger partial charge in [-0.25, -0.2) is 4.39 Å². The zero-order chi connectivity index (χ0) is 13.5. The van der Waals surface area contributed by atoms with Gasteiger partial charge in [-0.15, -0.1) is 0 Å². The molecule has 0 radical (unpaired) electrons. The standard InChI is InChI=1S/C13H18FNO2S/c1-3-10(4-2)15-13(16)9-18(17)12-8-6-5-7-11(12)14/h5-8,10H,3-4,9H2,1-2H3,(H,15,16). The maximum atomic E-state index is 13.4. The van der Waals surface area contributed by atoms with E-state index >= 15 is 0 Å². The Labute approximate surface area is 109 Å². The Morgan fingerprint density at radius 3 is 2.50 bits per heavy atom. The molecule has 1 aromatic carbocycles. The lowest BCUT2D eigenvalue weighted by molar-refractivity contribution is -0.119. The van der Waals surface area contributed by atoms with Crippen molar-refractivity contribution >= 4 is 16.7 Å². The molecule has 0 aliphatic carbocycles. The lowest BCUT2D eigenvalue weighted by Crippen LogP contribution is -2.36. The van der Waals surface area contributed by atoms with Crippen LogP contribution in [-0.2, 0) is 15.6 Å². The number of carbonyl (C=O) groups is 1. The number of nitrogens with one attached hydrogen (secondary N) is 1. The van der Waals surface area contributed by atoms with E-state index in [9.17, 15) is 13.4 Å². The highest BCUT2D eigenvalue weighted by Gasteiger charge is 2.15. The summed E-state index contributed by atoms with van der Waals surface area (Å²) in [7, 11) is -1.63. The van der Waals surface area contributed by atoms with Crippen LogP contribution in [0.5, 0.6) is 0 Å². The zero-order valence-corrected chi connectivity index (χ0v) is 11.4. The van der Waals surface area contributed by atoms with Gasteiger partial charge in [-0.3, -0.25) is 9.00 Å². The van der Waals surface area contributed by atoms with Crippen molar-refractivity contribution in [3.8, 4) is 0 Å². The highest BCUT2D eigenvalue weighted by molar-refractivity contribution is 7.85. The van der Waals surface area contributed by atoms with Crippen LogP contribution < -0.4 is 5.32 Å². The van der Waals surface area contributed by atoms with Crippen molar-refractivity contribution in [2.75, 3.05) is 5.75 Å². The molecular formula is C13H18FNO2S. The van der Waals surface area contributed by atoms with Gasteiger partial charge in [-0.05, 0) is 25.0 Å². The second-order valence-electron chi connectivity index (χ2n) is 4.00. The first-order chi connectivity index (χ1) is 8.58. The third-order valence-electron chi connectivity index (χ3n) is 2.69. The first-order valence-electron chi connectivity index (χ1n) is 6.00. The average molecular weight is 271 g/mol.